The molecule has 22 heavy (non-hydrogen) atoms. The van der Waals surface area contributed by atoms with Crippen LogP contribution in [0.4, 0.5) is 0 Å². The average Bonchev–Trinajstić information content (AvgIpc) is 2.56. The minimum atomic E-state index is 0.555. The van der Waals surface area contributed by atoms with Gasteiger partial charge in [-0.25, -0.2) is 0 Å². The van der Waals surface area contributed by atoms with Gasteiger partial charge in [-0.15, -0.1) is 0 Å². The van der Waals surface area contributed by atoms with Gasteiger partial charge in [-0.3, -0.25) is 0 Å². The van der Waals surface area contributed by atoms with Gasteiger partial charge < -0.3 is 14.4 Å². The standard InChI is InChI=1S/C18H24ClNO2/c1-3-20(4-2)11-12-21-13-14-22-18-10-9-17(19)15-7-5-6-8-16(15)18/h5-10H,3-4,11-14H2,1-2H3/p+1. The molecular weight excluding hydrogens is 298 g/mol. The van der Waals surface area contributed by atoms with Crippen molar-refractivity contribution in [3.05, 3.63) is 41.4 Å². The van der Waals surface area contributed by atoms with E-state index in [0.29, 0.717) is 13.2 Å². The van der Waals surface area contributed by atoms with E-state index in [1.54, 1.807) is 4.90 Å². The van der Waals surface area contributed by atoms with Crippen LogP contribution in [0.1, 0.15) is 13.8 Å². The van der Waals surface area contributed by atoms with Gasteiger partial charge in [0.15, 0.2) is 0 Å². The lowest BCUT2D eigenvalue weighted by atomic mass is 10.1. The number of benzene rings is 2. The molecule has 0 radical (unpaired) electrons. The Kier molecular flexibility index (Phi) is 6.97. The van der Waals surface area contributed by atoms with Gasteiger partial charge in [0, 0.05) is 15.8 Å². The molecule has 2 aromatic rings. The molecule has 1 N–H and O–H groups in total. The third-order valence-electron chi connectivity index (χ3n) is 3.92. The van der Waals surface area contributed by atoms with Gasteiger partial charge in [-0.2, -0.15) is 0 Å². The summed E-state index contributed by atoms with van der Waals surface area (Å²) in [6.07, 6.45) is 0. The van der Waals surface area contributed by atoms with E-state index in [9.17, 15) is 0 Å². The van der Waals surface area contributed by atoms with Gasteiger partial charge in [-0.05, 0) is 26.0 Å². The number of fused-ring (bicyclic) bond motifs is 1. The van der Waals surface area contributed by atoms with Crippen LogP contribution < -0.4 is 9.64 Å². The van der Waals surface area contributed by atoms with Gasteiger partial charge in [0.05, 0.1) is 26.3 Å². The zero-order valence-electron chi connectivity index (χ0n) is 13.4. The first-order valence-corrected chi connectivity index (χ1v) is 8.35. The Morgan fingerprint density at radius 3 is 2.36 bits per heavy atom. The summed E-state index contributed by atoms with van der Waals surface area (Å²) in [4.78, 5) is 1.56. The van der Waals surface area contributed by atoms with E-state index < -0.39 is 0 Å². The highest BCUT2D eigenvalue weighted by atomic mass is 35.5. The number of hydrogen-bond donors (Lipinski definition) is 1. The number of ether oxygens (including phenoxy) is 2. The Morgan fingerprint density at radius 2 is 1.64 bits per heavy atom. The number of likely N-dealkylation sites (N-methyl/N-ethyl adjacent to an activating group) is 1. The molecule has 0 spiro atoms. The van der Waals surface area contributed by atoms with E-state index in [1.165, 1.54) is 0 Å². The molecule has 0 atom stereocenters. The highest BCUT2D eigenvalue weighted by Crippen LogP contribution is 2.31. The lowest BCUT2D eigenvalue weighted by Gasteiger charge is -2.15. The van der Waals surface area contributed by atoms with Crippen LogP contribution in [-0.2, 0) is 4.74 Å². The van der Waals surface area contributed by atoms with Crippen LogP contribution in [0.15, 0.2) is 36.4 Å². The second-order valence-corrected chi connectivity index (χ2v) is 5.67. The van der Waals surface area contributed by atoms with Gasteiger partial charge in [0.1, 0.15) is 18.9 Å². The first kappa shape index (κ1) is 17.1. The van der Waals surface area contributed by atoms with Gasteiger partial charge in [0.2, 0.25) is 0 Å². The van der Waals surface area contributed by atoms with Crippen LogP contribution >= 0.6 is 11.6 Å². The van der Waals surface area contributed by atoms with E-state index in [2.05, 4.69) is 13.8 Å². The summed E-state index contributed by atoms with van der Waals surface area (Å²) in [7, 11) is 0. The Hall–Kier alpha value is -1.29. The molecule has 0 saturated heterocycles. The fourth-order valence-electron chi connectivity index (χ4n) is 2.49. The summed E-state index contributed by atoms with van der Waals surface area (Å²) in [6, 6.07) is 11.8. The molecular formula is C18H25ClNO2+. The molecule has 0 amide bonds. The quantitative estimate of drug-likeness (QED) is 0.717. The summed E-state index contributed by atoms with van der Waals surface area (Å²) in [5.41, 5.74) is 0. The fourth-order valence-corrected chi connectivity index (χ4v) is 2.72. The highest BCUT2D eigenvalue weighted by Gasteiger charge is 2.05. The van der Waals surface area contributed by atoms with E-state index in [0.717, 1.165) is 47.8 Å². The van der Waals surface area contributed by atoms with E-state index in [1.807, 2.05) is 36.4 Å². The largest absolute Gasteiger partial charge is 0.491 e. The van der Waals surface area contributed by atoms with Crippen molar-refractivity contribution in [2.75, 3.05) is 39.5 Å². The van der Waals surface area contributed by atoms with Gasteiger partial charge in [0.25, 0.3) is 0 Å². The Balaban J connectivity index is 1.79. The third-order valence-corrected chi connectivity index (χ3v) is 4.25. The molecule has 0 bridgehead atoms. The average molecular weight is 323 g/mol. The molecule has 120 valence electrons. The van der Waals surface area contributed by atoms with Crippen molar-refractivity contribution in [2.45, 2.75) is 13.8 Å². The van der Waals surface area contributed by atoms with E-state index in [-0.39, 0.29) is 0 Å². The SMILES string of the molecule is CC[NH+](CC)CCOCCOc1ccc(Cl)c2ccccc12. The molecule has 3 nitrogen and oxygen atoms in total. The minimum absolute atomic E-state index is 0.555. The molecule has 0 unspecified atom stereocenters. The van der Waals surface area contributed by atoms with Crippen LogP contribution in [0.2, 0.25) is 5.02 Å². The predicted octanol–water partition coefficient (Wildman–Crippen LogP) is 2.81. The van der Waals surface area contributed by atoms with Crippen molar-refractivity contribution in [3.63, 3.8) is 0 Å². The van der Waals surface area contributed by atoms with Crippen molar-refractivity contribution < 1.29 is 14.4 Å². The Bertz CT molecular complexity index is 584. The van der Waals surface area contributed by atoms with Crippen molar-refractivity contribution >= 4 is 22.4 Å². The maximum absolute atomic E-state index is 6.21. The molecule has 0 aliphatic carbocycles. The molecule has 0 saturated carbocycles. The minimum Gasteiger partial charge on any atom is -0.491 e. The number of hydrogen-bond acceptors (Lipinski definition) is 2. The summed E-state index contributed by atoms with van der Waals surface area (Å²) in [6.45, 7) is 9.69. The topological polar surface area (TPSA) is 22.9 Å². The first-order valence-electron chi connectivity index (χ1n) is 7.97. The fraction of sp³-hybridized carbons (Fsp3) is 0.444. The Labute approximate surface area is 137 Å². The summed E-state index contributed by atoms with van der Waals surface area (Å²) in [5, 5.41) is 2.82. The highest BCUT2D eigenvalue weighted by molar-refractivity contribution is 6.35. The Morgan fingerprint density at radius 1 is 0.909 bits per heavy atom. The van der Waals surface area contributed by atoms with Crippen molar-refractivity contribution in [2.24, 2.45) is 0 Å². The summed E-state index contributed by atoms with van der Waals surface area (Å²) >= 11 is 6.21. The van der Waals surface area contributed by atoms with Gasteiger partial charge in [-0.1, -0.05) is 35.9 Å². The van der Waals surface area contributed by atoms with E-state index in [4.69, 9.17) is 21.1 Å². The second kappa shape index (κ2) is 8.99. The third kappa shape index (κ3) is 4.60. The number of nitrogens with one attached hydrogen (secondary N) is 1. The molecule has 0 aromatic heterocycles. The van der Waals surface area contributed by atoms with Crippen LogP contribution in [0, 0.1) is 0 Å². The lowest BCUT2D eigenvalue weighted by Crippen LogP contribution is -3.11. The number of rotatable bonds is 9. The zero-order valence-corrected chi connectivity index (χ0v) is 14.2. The molecule has 2 aromatic carbocycles. The monoisotopic (exact) mass is 322 g/mol. The zero-order chi connectivity index (χ0) is 15.8. The van der Waals surface area contributed by atoms with Crippen molar-refractivity contribution in [3.8, 4) is 5.75 Å². The smallest absolute Gasteiger partial charge is 0.127 e. The first-order chi connectivity index (χ1) is 10.8. The molecule has 2 rings (SSSR count). The lowest BCUT2D eigenvalue weighted by molar-refractivity contribution is -0.896. The van der Waals surface area contributed by atoms with E-state index >= 15 is 0 Å². The molecule has 0 fully saturated rings. The predicted molar refractivity (Wildman–Crippen MR) is 92.2 cm³/mol. The summed E-state index contributed by atoms with van der Waals surface area (Å²) < 4.78 is 11.5. The van der Waals surface area contributed by atoms with Crippen molar-refractivity contribution in [1.82, 2.24) is 0 Å². The second-order valence-electron chi connectivity index (χ2n) is 5.26. The van der Waals surface area contributed by atoms with Crippen LogP contribution in [0.25, 0.3) is 10.8 Å². The molecule has 0 heterocycles. The maximum Gasteiger partial charge on any atom is 0.127 e. The van der Waals surface area contributed by atoms with Crippen LogP contribution in [-0.4, -0.2) is 39.5 Å². The van der Waals surface area contributed by atoms with Crippen LogP contribution in [0.3, 0.4) is 0 Å². The number of quaternary nitrogens is 1. The normalized spacial score (nSPS) is 11.3. The van der Waals surface area contributed by atoms with Crippen LogP contribution in [0.5, 0.6) is 5.75 Å². The van der Waals surface area contributed by atoms with Gasteiger partial charge >= 0.3 is 0 Å². The molecule has 0 aliphatic heterocycles. The van der Waals surface area contributed by atoms with Crippen molar-refractivity contribution in [1.29, 1.82) is 0 Å². The maximum atomic E-state index is 6.21. The summed E-state index contributed by atoms with van der Waals surface area (Å²) in [5.74, 6) is 0.859. The molecule has 4 heteroatoms. The molecule has 0 aliphatic rings. The number of halogens is 1.